The normalized spacial score (nSPS) is 11.4. The second-order valence-corrected chi connectivity index (χ2v) is 6.43. The molecule has 0 heterocycles. The van der Waals surface area contributed by atoms with Crippen LogP contribution in [0, 0.1) is 6.92 Å². The summed E-state index contributed by atoms with van der Waals surface area (Å²) in [5.74, 6) is -0.370. The molecule has 1 aromatic rings. The molecule has 0 aliphatic heterocycles. The van der Waals surface area contributed by atoms with Crippen LogP contribution in [0.2, 0.25) is 0 Å². The molecule has 0 radical (unpaired) electrons. The Labute approximate surface area is 126 Å². The Morgan fingerprint density at radius 3 is 2.65 bits per heavy atom. The number of amides is 1. The zero-order valence-corrected chi connectivity index (χ0v) is 13.7. The van der Waals surface area contributed by atoms with Crippen LogP contribution in [0.15, 0.2) is 21.5 Å². The van der Waals surface area contributed by atoms with E-state index in [1.165, 1.54) is 6.07 Å². The van der Waals surface area contributed by atoms with E-state index in [0.717, 1.165) is 0 Å². The van der Waals surface area contributed by atoms with Gasteiger partial charge in [0.1, 0.15) is 0 Å². The molecule has 0 unspecified atom stereocenters. The first-order valence-electron chi connectivity index (χ1n) is 5.96. The molecule has 0 aliphatic rings. The van der Waals surface area contributed by atoms with Gasteiger partial charge in [-0.1, -0.05) is 0 Å². The highest BCUT2D eigenvalue weighted by Crippen LogP contribution is 2.26. The summed E-state index contributed by atoms with van der Waals surface area (Å²) in [6, 6.07) is 2.84. The molecular formula is C12H17BrN2O4S. The first kappa shape index (κ1) is 17.1. The van der Waals surface area contributed by atoms with E-state index < -0.39 is 10.0 Å². The summed E-state index contributed by atoms with van der Waals surface area (Å²) in [6.07, 6.45) is 0. The summed E-state index contributed by atoms with van der Waals surface area (Å²) in [6.45, 7) is 4.88. The third-order valence-electron chi connectivity index (χ3n) is 2.53. The number of aryl methyl sites for hydroxylation is 1. The van der Waals surface area contributed by atoms with Crippen molar-refractivity contribution in [3.8, 4) is 0 Å². The molecule has 0 fully saturated rings. The molecule has 20 heavy (non-hydrogen) atoms. The lowest BCUT2D eigenvalue weighted by Crippen LogP contribution is -2.27. The molecule has 112 valence electrons. The van der Waals surface area contributed by atoms with Crippen molar-refractivity contribution in [3.05, 3.63) is 27.7 Å². The summed E-state index contributed by atoms with van der Waals surface area (Å²) in [4.78, 5) is 11.8. The number of nitrogens with one attached hydrogen (secondary N) is 1. The first-order valence-corrected chi connectivity index (χ1v) is 8.30. The maximum absolute atomic E-state index is 11.9. The van der Waals surface area contributed by atoms with Gasteiger partial charge in [0.15, 0.2) is 0 Å². The smallest absolute Gasteiger partial charge is 0.251 e. The van der Waals surface area contributed by atoms with Crippen molar-refractivity contribution in [1.82, 2.24) is 5.32 Å². The standard InChI is InChI=1S/C12H17BrN2O4S/c1-3-19-5-4-15-12(16)9-6-8(2)11(13)10(7-9)20(14,17)18/h6-7H,3-5H2,1-2H3,(H,15,16)(H2,14,17,18). The number of carbonyl (C=O) groups excluding carboxylic acids is 1. The van der Waals surface area contributed by atoms with Crippen molar-refractivity contribution in [2.75, 3.05) is 19.8 Å². The fourth-order valence-corrected chi connectivity index (χ4v) is 3.17. The molecule has 0 saturated heterocycles. The van der Waals surface area contributed by atoms with Crippen molar-refractivity contribution >= 4 is 31.9 Å². The third-order valence-corrected chi connectivity index (χ3v) is 4.78. The Hall–Kier alpha value is -0.960. The minimum atomic E-state index is -3.89. The van der Waals surface area contributed by atoms with Gasteiger partial charge in [0, 0.05) is 23.2 Å². The average Bonchev–Trinajstić information content (AvgIpc) is 2.36. The van der Waals surface area contributed by atoms with Crippen LogP contribution in [0.5, 0.6) is 0 Å². The Bertz CT molecular complexity index is 602. The Morgan fingerprint density at radius 2 is 2.10 bits per heavy atom. The monoisotopic (exact) mass is 364 g/mol. The largest absolute Gasteiger partial charge is 0.380 e. The number of nitrogens with two attached hydrogens (primary N) is 1. The topological polar surface area (TPSA) is 98.5 Å². The van der Waals surface area contributed by atoms with Crippen LogP contribution in [-0.2, 0) is 14.8 Å². The number of ether oxygens (including phenoxy) is 1. The van der Waals surface area contributed by atoms with Gasteiger partial charge in [-0.25, -0.2) is 13.6 Å². The molecule has 6 nitrogen and oxygen atoms in total. The van der Waals surface area contributed by atoms with Crippen molar-refractivity contribution in [1.29, 1.82) is 0 Å². The minimum absolute atomic E-state index is 0.104. The van der Waals surface area contributed by atoms with Crippen LogP contribution in [0.1, 0.15) is 22.8 Å². The Balaban J connectivity index is 2.97. The average molecular weight is 365 g/mol. The molecule has 0 bridgehead atoms. The first-order chi connectivity index (χ1) is 9.27. The number of sulfonamides is 1. The van der Waals surface area contributed by atoms with Crippen LogP contribution in [-0.4, -0.2) is 34.1 Å². The van der Waals surface area contributed by atoms with Gasteiger partial charge >= 0.3 is 0 Å². The molecule has 0 saturated carbocycles. The summed E-state index contributed by atoms with van der Waals surface area (Å²) in [5.41, 5.74) is 0.859. The molecule has 8 heteroatoms. The van der Waals surface area contributed by atoms with E-state index in [1.54, 1.807) is 13.0 Å². The van der Waals surface area contributed by atoms with E-state index >= 15 is 0 Å². The molecule has 0 aliphatic carbocycles. The van der Waals surface area contributed by atoms with Crippen LogP contribution in [0.25, 0.3) is 0 Å². The maximum Gasteiger partial charge on any atom is 0.251 e. The molecule has 0 aromatic heterocycles. The van der Waals surface area contributed by atoms with E-state index in [1.807, 2.05) is 6.92 Å². The fraction of sp³-hybridized carbons (Fsp3) is 0.417. The SMILES string of the molecule is CCOCCNC(=O)c1cc(C)c(Br)c(S(N)(=O)=O)c1. The zero-order chi connectivity index (χ0) is 15.3. The molecule has 1 amide bonds. The number of hydrogen-bond donors (Lipinski definition) is 2. The van der Waals surface area contributed by atoms with E-state index in [2.05, 4.69) is 21.2 Å². The van der Waals surface area contributed by atoms with E-state index in [4.69, 9.17) is 9.88 Å². The number of primary sulfonamides is 1. The van der Waals surface area contributed by atoms with Gasteiger partial charge in [-0.05, 0) is 47.5 Å². The molecule has 0 spiro atoms. The van der Waals surface area contributed by atoms with Crippen LogP contribution >= 0.6 is 15.9 Å². The van der Waals surface area contributed by atoms with Gasteiger partial charge in [-0.3, -0.25) is 4.79 Å². The number of hydrogen-bond acceptors (Lipinski definition) is 4. The number of carbonyl (C=O) groups is 1. The van der Waals surface area contributed by atoms with Crippen molar-refractivity contribution < 1.29 is 17.9 Å². The molecule has 0 atom stereocenters. The van der Waals surface area contributed by atoms with E-state index in [-0.39, 0.29) is 16.4 Å². The second kappa shape index (κ2) is 7.16. The maximum atomic E-state index is 11.9. The Kier molecular flexibility index (Phi) is 6.12. The van der Waals surface area contributed by atoms with Gasteiger partial charge in [0.05, 0.1) is 11.5 Å². The van der Waals surface area contributed by atoms with Gasteiger partial charge in [-0.2, -0.15) is 0 Å². The lowest BCUT2D eigenvalue weighted by molar-refractivity contribution is 0.0922. The van der Waals surface area contributed by atoms with Crippen LogP contribution in [0.4, 0.5) is 0 Å². The summed E-state index contributed by atoms with van der Waals surface area (Å²) >= 11 is 3.16. The molecule has 1 rings (SSSR count). The lowest BCUT2D eigenvalue weighted by atomic mass is 10.1. The van der Waals surface area contributed by atoms with Crippen LogP contribution in [0.3, 0.4) is 0 Å². The fourth-order valence-electron chi connectivity index (χ4n) is 1.56. The quantitative estimate of drug-likeness (QED) is 0.740. The highest BCUT2D eigenvalue weighted by molar-refractivity contribution is 9.10. The number of rotatable bonds is 6. The molecule has 3 N–H and O–H groups in total. The zero-order valence-electron chi connectivity index (χ0n) is 11.3. The summed E-state index contributed by atoms with van der Waals surface area (Å²) in [7, 11) is -3.89. The predicted molar refractivity (Wildman–Crippen MR) is 79.1 cm³/mol. The highest BCUT2D eigenvalue weighted by atomic mass is 79.9. The minimum Gasteiger partial charge on any atom is -0.380 e. The van der Waals surface area contributed by atoms with Gasteiger partial charge in [0.25, 0.3) is 5.91 Å². The van der Waals surface area contributed by atoms with E-state index in [0.29, 0.717) is 29.8 Å². The van der Waals surface area contributed by atoms with Crippen molar-refractivity contribution in [2.45, 2.75) is 18.7 Å². The van der Waals surface area contributed by atoms with Gasteiger partial charge in [0.2, 0.25) is 10.0 Å². The number of benzene rings is 1. The summed E-state index contributed by atoms with van der Waals surface area (Å²) in [5, 5.41) is 7.77. The van der Waals surface area contributed by atoms with Gasteiger partial charge in [-0.15, -0.1) is 0 Å². The Morgan fingerprint density at radius 1 is 1.45 bits per heavy atom. The lowest BCUT2D eigenvalue weighted by Gasteiger charge is -2.10. The third kappa shape index (κ3) is 4.55. The highest BCUT2D eigenvalue weighted by Gasteiger charge is 2.18. The second-order valence-electron chi connectivity index (χ2n) is 4.10. The van der Waals surface area contributed by atoms with Crippen molar-refractivity contribution in [3.63, 3.8) is 0 Å². The van der Waals surface area contributed by atoms with Crippen molar-refractivity contribution in [2.24, 2.45) is 5.14 Å². The van der Waals surface area contributed by atoms with Crippen LogP contribution < -0.4 is 10.5 Å². The molecular weight excluding hydrogens is 348 g/mol. The van der Waals surface area contributed by atoms with Gasteiger partial charge < -0.3 is 10.1 Å². The predicted octanol–water partition coefficient (Wildman–Crippen LogP) is 1.17. The summed E-state index contributed by atoms with van der Waals surface area (Å²) < 4.78 is 28.4. The molecule has 1 aromatic carbocycles. The van der Waals surface area contributed by atoms with E-state index in [9.17, 15) is 13.2 Å². The number of halogens is 1.